The minimum Gasteiger partial charge on any atom is -0.492 e. The lowest BCUT2D eigenvalue weighted by atomic mass is 9.82. The van der Waals surface area contributed by atoms with Crippen LogP contribution in [0.25, 0.3) is 0 Å². The van der Waals surface area contributed by atoms with Gasteiger partial charge in [-0.1, -0.05) is 12.1 Å². The first-order chi connectivity index (χ1) is 9.76. The molecule has 3 rings (SSSR count). The van der Waals surface area contributed by atoms with Gasteiger partial charge in [-0.25, -0.2) is 0 Å². The number of hydrogen-bond acceptors (Lipinski definition) is 3. The summed E-state index contributed by atoms with van der Waals surface area (Å²) in [5.41, 5.74) is 1.70. The first-order valence-electron chi connectivity index (χ1n) is 7.75. The molecule has 0 N–H and O–H groups in total. The quantitative estimate of drug-likeness (QED) is 0.843. The molecule has 0 aliphatic carbocycles. The fraction of sp³-hybridized carbons (Fsp3) is 0.647. The molecule has 2 saturated heterocycles. The molecule has 3 nitrogen and oxygen atoms in total. The van der Waals surface area contributed by atoms with Gasteiger partial charge in [-0.15, -0.1) is 0 Å². The molecule has 2 heterocycles. The molecular weight excluding hydrogens is 250 g/mol. The Hall–Kier alpha value is -1.06. The Morgan fingerprint density at radius 3 is 3.10 bits per heavy atom. The smallest absolute Gasteiger partial charge is 0.119 e. The van der Waals surface area contributed by atoms with Crippen LogP contribution in [0.1, 0.15) is 24.8 Å². The third-order valence-electron chi connectivity index (χ3n) is 4.59. The number of benzene rings is 1. The number of nitrogens with zero attached hydrogens (tertiary/aromatic N) is 1. The summed E-state index contributed by atoms with van der Waals surface area (Å²) in [5.74, 6) is 0.986. The first-order valence-corrected chi connectivity index (χ1v) is 7.75. The minimum absolute atomic E-state index is 0.446. The third kappa shape index (κ3) is 3.33. The van der Waals surface area contributed by atoms with Gasteiger partial charge in [-0.05, 0) is 50.4 Å². The molecule has 0 saturated carbocycles. The van der Waals surface area contributed by atoms with E-state index in [2.05, 4.69) is 30.0 Å². The van der Waals surface area contributed by atoms with Crippen molar-refractivity contribution in [3.63, 3.8) is 0 Å². The van der Waals surface area contributed by atoms with Crippen molar-refractivity contribution in [1.82, 2.24) is 4.90 Å². The molecule has 20 heavy (non-hydrogen) atoms. The maximum absolute atomic E-state index is 5.85. The molecule has 0 unspecified atom stereocenters. The second-order valence-corrected chi connectivity index (χ2v) is 6.35. The summed E-state index contributed by atoms with van der Waals surface area (Å²) in [5, 5.41) is 0. The van der Waals surface area contributed by atoms with E-state index in [0.29, 0.717) is 5.41 Å². The Kier molecular flexibility index (Phi) is 4.27. The second kappa shape index (κ2) is 6.15. The summed E-state index contributed by atoms with van der Waals surface area (Å²) in [7, 11) is 0. The molecule has 2 aliphatic rings. The number of rotatable bonds is 4. The van der Waals surface area contributed by atoms with Crippen molar-refractivity contribution in [3.8, 4) is 5.75 Å². The Balaban J connectivity index is 1.43. The monoisotopic (exact) mass is 275 g/mol. The van der Waals surface area contributed by atoms with Crippen molar-refractivity contribution in [2.75, 3.05) is 39.5 Å². The van der Waals surface area contributed by atoms with Crippen molar-refractivity contribution in [3.05, 3.63) is 29.8 Å². The van der Waals surface area contributed by atoms with Crippen molar-refractivity contribution in [1.29, 1.82) is 0 Å². The van der Waals surface area contributed by atoms with E-state index < -0.39 is 0 Å². The van der Waals surface area contributed by atoms with E-state index in [1.165, 1.54) is 37.9 Å². The number of ether oxygens (including phenoxy) is 2. The summed E-state index contributed by atoms with van der Waals surface area (Å²) in [6.45, 7) is 8.20. The van der Waals surface area contributed by atoms with E-state index in [0.717, 1.165) is 32.1 Å². The molecular formula is C17H25NO2. The molecule has 3 heteroatoms. The molecule has 1 atom stereocenters. The molecule has 2 fully saturated rings. The lowest BCUT2D eigenvalue weighted by molar-refractivity contribution is -0.00256. The van der Waals surface area contributed by atoms with Crippen molar-refractivity contribution >= 4 is 0 Å². The van der Waals surface area contributed by atoms with Crippen LogP contribution in [0.5, 0.6) is 5.75 Å². The van der Waals surface area contributed by atoms with Gasteiger partial charge in [-0.2, -0.15) is 0 Å². The van der Waals surface area contributed by atoms with E-state index >= 15 is 0 Å². The van der Waals surface area contributed by atoms with Gasteiger partial charge in [-0.3, -0.25) is 4.90 Å². The zero-order chi connectivity index (χ0) is 13.8. The maximum atomic E-state index is 5.85. The number of likely N-dealkylation sites (tertiary alicyclic amines) is 1. The van der Waals surface area contributed by atoms with E-state index in [9.17, 15) is 0 Å². The molecule has 1 aromatic rings. The summed E-state index contributed by atoms with van der Waals surface area (Å²) in [6.07, 6.45) is 3.85. The average Bonchev–Trinajstić information content (AvgIpc) is 2.83. The van der Waals surface area contributed by atoms with Gasteiger partial charge in [0.05, 0.1) is 6.61 Å². The largest absolute Gasteiger partial charge is 0.492 e. The van der Waals surface area contributed by atoms with Gasteiger partial charge >= 0.3 is 0 Å². The van der Waals surface area contributed by atoms with Crippen LogP contribution in [-0.4, -0.2) is 44.4 Å². The topological polar surface area (TPSA) is 21.7 Å². The Labute approximate surface area is 121 Å². The molecule has 0 radical (unpaired) electrons. The highest BCUT2D eigenvalue weighted by atomic mass is 16.5. The van der Waals surface area contributed by atoms with E-state index in [4.69, 9.17) is 9.47 Å². The van der Waals surface area contributed by atoms with Gasteiger partial charge in [0.2, 0.25) is 0 Å². The molecule has 2 aliphatic heterocycles. The normalized spacial score (nSPS) is 27.1. The van der Waals surface area contributed by atoms with E-state index in [1.54, 1.807) is 0 Å². The summed E-state index contributed by atoms with van der Waals surface area (Å²) in [4.78, 5) is 2.53. The zero-order valence-corrected chi connectivity index (χ0v) is 12.4. The average molecular weight is 275 g/mol. The fourth-order valence-corrected chi connectivity index (χ4v) is 3.45. The predicted molar refractivity (Wildman–Crippen MR) is 80.2 cm³/mol. The third-order valence-corrected chi connectivity index (χ3v) is 4.59. The SMILES string of the molecule is Cc1cccc(OCCN2CC[C@@]3(CCCOC3)C2)c1. The van der Waals surface area contributed by atoms with Crippen LogP contribution in [0.2, 0.25) is 0 Å². The summed E-state index contributed by atoms with van der Waals surface area (Å²) < 4.78 is 11.5. The van der Waals surface area contributed by atoms with Crippen molar-refractivity contribution < 1.29 is 9.47 Å². The Morgan fingerprint density at radius 2 is 2.30 bits per heavy atom. The molecule has 0 aromatic heterocycles. The molecule has 110 valence electrons. The minimum atomic E-state index is 0.446. The molecule has 1 aromatic carbocycles. The highest BCUT2D eigenvalue weighted by Gasteiger charge is 2.39. The van der Waals surface area contributed by atoms with Gasteiger partial charge < -0.3 is 9.47 Å². The summed E-state index contributed by atoms with van der Waals surface area (Å²) >= 11 is 0. The van der Waals surface area contributed by atoms with Crippen LogP contribution in [-0.2, 0) is 4.74 Å². The van der Waals surface area contributed by atoms with Crippen LogP contribution >= 0.6 is 0 Å². The van der Waals surface area contributed by atoms with Crippen LogP contribution in [0.15, 0.2) is 24.3 Å². The van der Waals surface area contributed by atoms with Crippen molar-refractivity contribution in [2.45, 2.75) is 26.2 Å². The number of hydrogen-bond donors (Lipinski definition) is 0. The first kappa shape index (κ1) is 13.9. The van der Waals surface area contributed by atoms with Gasteiger partial charge in [0.1, 0.15) is 12.4 Å². The maximum Gasteiger partial charge on any atom is 0.119 e. The standard InChI is InChI=1S/C17H25NO2/c1-15-4-2-5-16(12-15)20-11-9-18-8-7-17(13-18)6-3-10-19-14-17/h2,4-5,12H,3,6-11,13-14H2,1H3/t17-/m0/s1. The van der Waals surface area contributed by atoms with E-state index in [-0.39, 0.29) is 0 Å². The van der Waals surface area contributed by atoms with Gasteiger partial charge in [0.15, 0.2) is 0 Å². The van der Waals surface area contributed by atoms with Gasteiger partial charge in [0, 0.05) is 25.1 Å². The Morgan fingerprint density at radius 1 is 1.35 bits per heavy atom. The highest BCUT2D eigenvalue weighted by Crippen LogP contribution is 2.37. The van der Waals surface area contributed by atoms with Crippen LogP contribution in [0.3, 0.4) is 0 Å². The molecule has 0 amide bonds. The Bertz CT molecular complexity index is 440. The van der Waals surface area contributed by atoms with E-state index in [1.807, 2.05) is 6.07 Å². The zero-order valence-electron chi connectivity index (χ0n) is 12.4. The van der Waals surface area contributed by atoms with Crippen molar-refractivity contribution in [2.24, 2.45) is 5.41 Å². The lowest BCUT2D eigenvalue weighted by Gasteiger charge is -2.33. The van der Waals surface area contributed by atoms with Gasteiger partial charge in [0.25, 0.3) is 0 Å². The lowest BCUT2D eigenvalue weighted by Crippen LogP contribution is -2.36. The number of aryl methyl sites for hydroxylation is 1. The summed E-state index contributed by atoms with van der Waals surface area (Å²) in [6, 6.07) is 8.28. The van der Waals surface area contributed by atoms with Crippen LogP contribution in [0.4, 0.5) is 0 Å². The highest BCUT2D eigenvalue weighted by molar-refractivity contribution is 5.27. The molecule has 0 bridgehead atoms. The van der Waals surface area contributed by atoms with Crippen LogP contribution < -0.4 is 4.74 Å². The van der Waals surface area contributed by atoms with Crippen LogP contribution in [0, 0.1) is 12.3 Å². The predicted octanol–water partition coefficient (Wildman–Crippen LogP) is 2.88. The molecule has 1 spiro atoms. The second-order valence-electron chi connectivity index (χ2n) is 6.35. The fourth-order valence-electron chi connectivity index (χ4n) is 3.45.